The van der Waals surface area contributed by atoms with Crippen molar-refractivity contribution in [3.05, 3.63) is 42.1 Å². The van der Waals surface area contributed by atoms with Gasteiger partial charge in [0, 0.05) is 17.6 Å². The maximum Gasteiger partial charge on any atom is 0.307 e. The number of methoxy groups -OCH3 is 1. The second-order valence-corrected chi connectivity index (χ2v) is 3.84. The first-order chi connectivity index (χ1) is 8.20. The summed E-state index contributed by atoms with van der Waals surface area (Å²) in [6.07, 6.45) is 1.91. The van der Waals surface area contributed by atoms with E-state index >= 15 is 0 Å². The van der Waals surface area contributed by atoms with Gasteiger partial charge in [-0.3, -0.25) is 9.78 Å². The number of nitrogens with zero attached hydrogens (tertiary/aromatic N) is 1. The van der Waals surface area contributed by atoms with E-state index in [0.29, 0.717) is 0 Å². The van der Waals surface area contributed by atoms with Gasteiger partial charge in [0.15, 0.2) is 0 Å². The minimum absolute atomic E-state index is 0.175. The molecule has 4 heteroatoms. The molecule has 0 radical (unpaired) electrons. The summed E-state index contributed by atoms with van der Waals surface area (Å²) >= 11 is 0. The lowest BCUT2D eigenvalue weighted by molar-refractivity contribution is -0.141. The molecule has 1 heterocycles. The van der Waals surface area contributed by atoms with Crippen LogP contribution in [0.2, 0.25) is 0 Å². The van der Waals surface area contributed by atoms with Gasteiger partial charge < -0.3 is 10.5 Å². The molecule has 0 amide bonds. The largest absolute Gasteiger partial charge is 0.469 e. The summed E-state index contributed by atoms with van der Waals surface area (Å²) in [5.41, 5.74) is 7.70. The molecular formula is C13H14N2O2. The lowest BCUT2D eigenvalue weighted by Crippen LogP contribution is -2.16. The number of esters is 1. The smallest absolute Gasteiger partial charge is 0.307 e. The number of nitrogens with two attached hydrogens (primary N) is 1. The van der Waals surface area contributed by atoms with Crippen molar-refractivity contribution in [2.45, 2.75) is 12.5 Å². The van der Waals surface area contributed by atoms with Gasteiger partial charge in [-0.1, -0.05) is 18.2 Å². The molecule has 1 atom stereocenters. The van der Waals surface area contributed by atoms with Crippen molar-refractivity contribution < 1.29 is 9.53 Å². The predicted molar refractivity (Wildman–Crippen MR) is 65.3 cm³/mol. The fourth-order valence-electron chi connectivity index (χ4n) is 1.69. The molecule has 17 heavy (non-hydrogen) atoms. The van der Waals surface area contributed by atoms with Gasteiger partial charge in [0.2, 0.25) is 0 Å². The Kier molecular flexibility index (Phi) is 3.35. The molecule has 0 saturated heterocycles. The third-order valence-corrected chi connectivity index (χ3v) is 2.67. The molecule has 2 rings (SSSR count). The van der Waals surface area contributed by atoms with Gasteiger partial charge in [-0.25, -0.2) is 0 Å². The van der Waals surface area contributed by atoms with E-state index in [1.807, 2.05) is 30.3 Å². The first-order valence-corrected chi connectivity index (χ1v) is 5.38. The predicted octanol–water partition coefficient (Wildman–Crippen LogP) is 1.80. The van der Waals surface area contributed by atoms with Gasteiger partial charge >= 0.3 is 5.97 Å². The van der Waals surface area contributed by atoms with Gasteiger partial charge in [0.1, 0.15) is 0 Å². The van der Waals surface area contributed by atoms with E-state index < -0.39 is 0 Å². The Labute approximate surface area is 99.4 Å². The number of hydrogen-bond acceptors (Lipinski definition) is 4. The minimum atomic E-state index is -0.353. The van der Waals surface area contributed by atoms with Crippen LogP contribution in [-0.4, -0.2) is 18.1 Å². The fourth-order valence-corrected chi connectivity index (χ4v) is 1.69. The van der Waals surface area contributed by atoms with Gasteiger partial charge in [-0.05, 0) is 17.7 Å². The number of rotatable bonds is 3. The number of hydrogen-bond donors (Lipinski definition) is 1. The van der Waals surface area contributed by atoms with Crippen LogP contribution in [0.15, 0.2) is 36.5 Å². The standard InChI is InChI=1S/C13H14N2O2/c1-17-13(16)8-11(14)10-5-4-9-3-2-6-15-12(9)7-10/h2-7,11H,8,14H2,1H3/t11-/m1/s1. The summed E-state index contributed by atoms with van der Waals surface area (Å²) in [7, 11) is 1.36. The summed E-state index contributed by atoms with van der Waals surface area (Å²) in [6.45, 7) is 0. The van der Waals surface area contributed by atoms with E-state index in [4.69, 9.17) is 5.73 Å². The van der Waals surface area contributed by atoms with Crippen molar-refractivity contribution in [1.82, 2.24) is 4.98 Å². The van der Waals surface area contributed by atoms with E-state index in [1.54, 1.807) is 6.20 Å². The Morgan fingerprint density at radius 2 is 2.29 bits per heavy atom. The van der Waals surface area contributed by atoms with Gasteiger partial charge in [0.25, 0.3) is 0 Å². The molecule has 88 valence electrons. The van der Waals surface area contributed by atoms with E-state index in [0.717, 1.165) is 16.5 Å². The first-order valence-electron chi connectivity index (χ1n) is 5.38. The van der Waals surface area contributed by atoms with Gasteiger partial charge in [-0.15, -0.1) is 0 Å². The zero-order valence-electron chi connectivity index (χ0n) is 9.59. The van der Waals surface area contributed by atoms with E-state index in [2.05, 4.69) is 9.72 Å². The topological polar surface area (TPSA) is 65.2 Å². The molecule has 1 aromatic heterocycles. The molecule has 0 fully saturated rings. The third-order valence-electron chi connectivity index (χ3n) is 2.67. The Morgan fingerprint density at radius 3 is 3.06 bits per heavy atom. The van der Waals surface area contributed by atoms with Crippen LogP contribution in [-0.2, 0) is 9.53 Å². The maximum atomic E-state index is 11.1. The van der Waals surface area contributed by atoms with Crippen LogP contribution in [0.3, 0.4) is 0 Å². The zero-order chi connectivity index (χ0) is 12.3. The van der Waals surface area contributed by atoms with Crippen LogP contribution >= 0.6 is 0 Å². The van der Waals surface area contributed by atoms with E-state index in [9.17, 15) is 4.79 Å². The lowest BCUT2D eigenvalue weighted by atomic mass is 10.0. The lowest BCUT2D eigenvalue weighted by Gasteiger charge is -2.11. The van der Waals surface area contributed by atoms with Crippen LogP contribution in [0.1, 0.15) is 18.0 Å². The molecule has 2 aromatic rings. The molecule has 0 bridgehead atoms. The Hall–Kier alpha value is -1.94. The molecule has 2 N–H and O–H groups in total. The summed E-state index contributed by atoms with van der Waals surface area (Å²) < 4.78 is 4.60. The molecule has 0 aliphatic heterocycles. The molecule has 0 aliphatic rings. The molecule has 1 aromatic carbocycles. The number of carbonyl (C=O) groups is 1. The highest BCUT2D eigenvalue weighted by atomic mass is 16.5. The van der Waals surface area contributed by atoms with Crippen molar-refractivity contribution in [3.8, 4) is 0 Å². The second-order valence-electron chi connectivity index (χ2n) is 3.84. The number of pyridine rings is 1. The van der Waals surface area contributed by atoms with Crippen molar-refractivity contribution in [3.63, 3.8) is 0 Å². The van der Waals surface area contributed by atoms with Crippen LogP contribution < -0.4 is 5.73 Å². The number of ether oxygens (including phenoxy) is 1. The Bertz CT molecular complexity index is 540. The number of benzene rings is 1. The monoisotopic (exact) mass is 230 g/mol. The molecule has 0 saturated carbocycles. The first kappa shape index (κ1) is 11.5. The minimum Gasteiger partial charge on any atom is -0.469 e. The fraction of sp³-hybridized carbons (Fsp3) is 0.231. The summed E-state index contributed by atoms with van der Waals surface area (Å²) in [5.74, 6) is -0.307. The van der Waals surface area contributed by atoms with Crippen molar-refractivity contribution in [2.75, 3.05) is 7.11 Å². The van der Waals surface area contributed by atoms with Crippen LogP contribution in [0.4, 0.5) is 0 Å². The highest BCUT2D eigenvalue weighted by Gasteiger charge is 2.12. The number of fused-ring (bicyclic) bond motifs is 1. The molecule has 0 spiro atoms. The molecule has 4 nitrogen and oxygen atoms in total. The van der Waals surface area contributed by atoms with Crippen LogP contribution in [0.25, 0.3) is 10.9 Å². The molecule has 0 unspecified atom stereocenters. The highest BCUT2D eigenvalue weighted by Crippen LogP contribution is 2.19. The van der Waals surface area contributed by atoms with Crippen LogP contribution in [0, 0.1) is 0 Å². The Balaban J connectivity index is 2.26. The zero-order valence-corrected chi connectivity index (χ0v) is 9.59. The summed E-state index contributed by atoms with van der Waals surface area (Å²) in [6, 6.07) is 9.29. The quantitative estimate of drug-likeness (QED) is 0.816. The average Bonchev–Trinajstić information content (AvgIpc) is 2.38. The average molecular weight is 230 g/mol. The van der Waals surface area contributed by atoms with Gasteiger partial charge in [0.05, 0.1) is 19.0 Å². The van der Waals surface area contributed by atoms with Crippen LogP contribution in [0.5, 0.6) is 0 Å². The number of aromatic nitrogens is 1. The highest BCUT2D eigenvalue weighted by molar-refractivity contribution is 5.79. The van der Waals surface area contributed by atoms with Crippen molar-refractivity contribution in [2.24, 2.45) is 5.73 Å². The van der Waals surface area contributed by atoms with Crippen molar-refractivity contribution in [1.29, 1.82) is 0 Å². The van der Waals surface area contributed by atoms with E-state index in [-0.39, 0.29) is 18.4 Å². The molecular weight excluding hydrogens is 216 g/mol. The Morgan fingerprint density at radius 1 is 1.47 bits per heavy atom. The van der Waals surface area contributed by atoms with E-state index in [1.165, 1.54) is 7.11 Å². The third kappa shape index (κ3) is 2.60. The summed E-state index contributed by atoms with van der Waals surface area (Å²) in [5, 5.41) is 1.06. The van der Waals surface area contributed by atoms with Gasteiger partial charge in [-0.2, -0.15) is 0 Å². The van der Waals surface area contributed by atoms with Crippen molar-refractivity contribution >= 4 is 16.9 Å². The maximum absolute atomic E-state index is 11.1. The summed E-state index contributed by atoms with van der Waals surface area (Å²) in [4.78, 5) is 15.4. The molecule has 0 aliphatic carbocycles. The SMILES string of the molecule is COC(=O)C[C@@H](N)c1ccc2cccnc2c1. The second kappa shape index (κ2) is 4.93. The number of carbonyl (C=O) groups excluding carboxylic acids is 1. The normalized spacial score (nSPS) is 12.4.